The van der Waals surface area contributed by atoms with Crippen molar-refractivity contribution in [3.63, 3.8) is 0 Å². The lowest BCUT2D eigenvalue weighted by Gasteiger charge is -2.39. The molecule has 0 fully saturated rings. The molecule has 4 aromatic rings. The molecule has 0 bridgehead atoms. The predicted molar refractivity (Wildman–Crippen MR) is 226 cm³/mol. The second kappa shape index (κ2) is 15.9. The van der Waals surface area contributed by atoms with Crippen molar-refractivity contribution in [3.8, 4) is 81.2 Å². The van der Waals surface area contributed by atoms with Gasteiger partial charge in [-0.1, -0.05) is 12.1 Å². The van der Waals surface area contributed by atoms with Crippen LogP contribution in [0.4, 0.5) is 0 Å². The second-order valence-electron chi connectivity index (χ2n) is 15.8. The highest BCUT2D eigenvalue weighted by Crippen LogP contribution is 2.59. The molecule has 0 unspecified atom stereocenters. The molecule has 0 amide bonds. The van der Waals surface area contributed by atoms with Crippen LogP contribution in [0.1, 0.15) is 89.5 Å². The lowest BCUT2D eigenvalue weighted by atomic mass is 9.83. The van der Waals surface area contributed by atoms with Crippen LogP contribution in [0, 0.1) is 23.7 Å². The molecule has 0 saturated heterocycles. The molecule has 16 heteroatoms. The van der Waals surface area contributed by atoms with E-state index in [2.05, 4.69) is 33.5 Å². The number of carbonyl (C=O) groups is 2. The third-order valence-electron chi connectivity index (χ3n) is 12.9. The fraction of sp³-hybridized carbons (Fsp3) is 0.375. The number of likely N-dealkylation sites (N-methyl/N-ethyl adjacent to an activating group) is 2. The Bertz CT molecular complexity index is 2610. The molecule has 0 aromatic heterocycles. The van der Waals surface area contributed by atoms with Crippen LogP contribution in [0.25, 0.3) is 0 Å². The van der Waals surface area contributed by atoms with E-state index in [1.54, 1.807) is 26.4 Å². The number of ether oxygens (including phenoxy) is 12. The summed E-state index contributed by atoms with van der Waals surface area (Å²) in [6.45, 7) is 1.14. The van der Waals surface area contributed by atoms with E-state index in [-0.39, 0.29) is 13.6 Å². The quantitative estimate of drug-likeness (QED) is 0.162. The topological polar surface area (TPSA) is 151 Å². The van der Waals surface area contributed by atoms with Gasteiger partial charge in [-0.3, -0.25) is 9.80 Å². The Morgan fingerprint density at radius 3 is 1.30 bits per heavy atom. The summed E-state index contributed by atoms with van der Waals surface area (Å²) in [5, 5.41) is 0. The summed E-state index contributed by atoms with van der Waals surface area (Å²) in [6, 6.07) is 6.22. The van der Waals surface area contributed by atoms with E-state index in [1.165, 1.54) is 28.4 Å². The lowest BCUT2D eigenvalue weighted by Crippen LogP contribution is -2.36. The summed E-state index contributed by atoms with van der Waals surface area (Å²) >= 11 is 0. The number of carbonyl (C=O) groups excluding carboxylic acids is 2. The predicted octanol–water partition coefficient (Wildman–Crippen LogP) is 5.48. The Labute approximate surface area is 369 Å². The van der Waals surface area contributed by atoms with Crippen LogP contribution in [0.2, 0.25) is 0 Å². The van der Waals surface area contributed by atoms with E-state index in [0.29, 0.717) is 117 Å². The van der Waals surface area contributed by atoms with E-state index in [1.807, 2.05) is 26.2 Å². The van der Waals surface area contributed by atoms with E-state index < -0.39 is 36.2 Å². The Morgan fingerprint density at radius 2 is 0.922 bits per heavy atom. The molecule has 4 atom stereocenters. The SMILES string of the molecule is COc1ccc2c(c1OC)C(=O)O[C@@H]2[C@H]1c2c(c(C#CC#Cc3c4c(c(OC)c5c3OCO5)[C@H]([C@H]3OC(=O)c5c3ccc(OC)c5OC)N(C)CC4)c3c(c2OC)OCO3)CCN1C. The van der Waals surface area contributed by atoms with Crippen molar-refractivity contribution >= 4 is 11.9 Å². The highest BCUT2D eigenvalue weighted by Gasteiger charge is 2.49. The molecule has 0 N–H and O–H groups in total. The molecule has 6 aliphatic rings. The van der Waals surface area contributed by atoms with Gasteiger partial charge in [0.1, 0.15) is 23.3 Å². The van der Waals surface area contributed by atoms with Gasteiger partial charge in [0.2, 0.25) is 25.1 Å². The average Bonchev–Trinajstić information content (AvgIpc) is 4.13. The first kappa shape index (κ1) is 40.9. The van der Waals surface area contributed by atoms with Crippen LogP contribution in [-0.4, -0.2) is 105 Å². The minimum atomic E-state index is -0.722. The number of hydrogen-bond acceptors (Lipinski definition) is 16. The normalized spacial score (nSPS) is 20.9. The minimum Gasteiger partial charge on any atom is -0.493 e. The van der Waals surface area contributed by atoms with Crippen LogP contribution >= 0.6 is 0 Å². The Kier molecular flexibility index (Phi) is 10.2. The smallest absolute Gasteiger partial charge is 0.343 e. The molecule has 64 heavy (non-hydrogen) atoms. The number of nitrogens with zero attached hydrogens (tertiary/aromatic N) is 2. The monoisotopic (exact) mass is 872 g/mol. The Hall–Kier alpha value is -7.14. The molecule has 0 saturated carbocycles. The Balaban J connectivity index is 1.08. The molecule has 0 spiro atoms. The molecular formula is C48H44N2O14. The van der Waals surface area contributed by atoms with Crippen molar-refractivity contribution in [2.24, 2.45) is 0 Å². The highest BCUT2D eigenvalue weighted by molar-refractivity contribution is 5.99. The fourth-order valence-corrected chi connectivity index (χ4v) is 10.1. The molecule has 6 heterocycles. The molecule has 0 aliphatic carbocycles. The van der Waals surface area contributed by atoms with Crippen molar-refractivity contribution in [1.29, 1.82) is 0 Å². The average molecular weight is 873 g/mol. The van der Waals surface area contributed by atoms with E-state index in [4.69, 9.17) is 56.8 Å². The fourth-order valence-electron chi connectivity index (χ4n) is 10.1. The number of fused-ring (bicyclic) bond motifs is 6. The van der Waals surface area contributed by atoms with Crippen molar-refractivity contribution in [3.05, 3.63) is 79.9 Å². The largest absolute Gasteiger partial charge is 0.493 e. The van der Waals surface area contributed by atoms with Crippen molar-refractivity contribution < 1.29 is 66.4 Å². The van der Waals surface area contributed by atoms with Crippen LogP contribution in [0.3, 0.4) is 0 Å². The molecular weight excluding hydrogens is 829 g/mol. The first-order valence-corrected chi connectivity index (χ1v) is 20.6. The highest BCUT2D eigenvalue weighted by atomic mass is 16.7. The molecule has 10 rings (SSSR count). The maximum Gasteiger partial charge on any atom is 0.343 e. The van der Waals surface area contributed by atoms with Gasteiger partial charge in [-0.15, -0.1) is 0 Å². The second-order valence-corrected chi connectivity index (χ2v) is 15.8. The first-order valence-electron chi connectivity index (χ1n) is 20.6. The molecule has 6 aliphatic heterocycles. The third kappa shape index (κ3) is 5.93. The van der Waals surface area contributed by atoms with Gasteiger partial charge in [0.15, 0.2) is 46.0 Å². The van der Waals surface area contributed by atoms with Crippen LogP contribution < -0.4 is 47.4 Å². The summed E-state index contributed by atoms with van der Waals surface area (Å²) in [7, 11) is 13.1. The summed E-state index contributed by atoms with van der Waals surface area (Å²) in [6.07, 6.45) is -0.278. The van der Waals surface area contributed by atoms with Gasteiger partial charge >= 0.3 is 11.9 Å². The number of hydrogen-bond donors (Lipinski definition) is 0. The number of cyclic esters (lactones) is 2. The zero-order valence-electron chi connectivity index (χ0n) is 36.5. The van der Waals surface area contributed by atoms with Gasteiger partial charge in [-0.05, 0) is 73.9 Å². The van der Waals surface area contributed by atoms with E-state index >= 15 is 0 Å². The summed E-state index contributed by atoms with van der Waals surface area (Å²) in [5.41, 5.74) is 6.44. The number of esters is 2. The van der Waals surface area contributed by atoms with Gasteiger partial charge in [0.05, 0.1) is 65.9 Å². The number of rotatable bonds is 8. The van der Waals surface area contributed by atoms with Gasteiger partial charge in [0, 0.05) is 35.3 Å². The van der Waals surface area contributed by atoms with Crippen molar-refractivity contribution in [2.45, 2.75) is 37.1 Å². The maximum absolute atomic E-state index is 13.5. The lowest BCUT2D eigenvalue weighted by molar-refractivity contribution is 0.00805. The standard InChI is InChI=1S/C48H44N2O14/c1-49-19-17-23-25(39-45(61-21-59-39)43(57-7)31(23)35(49)37-27-13-15-29(53-3)41(55-5)33(27)47(51)63-37)11-9-10-12-26-24-18-20-50(2)36(32(24)44(58-8)46-40(26)60-22-62-46)38-28-14-16-30(54-4)42(56-6)34(28)48(52)64-38/h13-16,35-38H,17-22H2,1-8H3/t35-,36-,37+,38+/m1/s1. The zero-order valence-corrected chi connectivity index (χ0v) is 36.5. The van der Waals surface area contributed by atoms with Crippen molar-refractivity contribution in [2.75, 3.05) is 83.4 Å². The van der Waals surface area contributed by atoms with Gasteiger partial charge in [-0.25, -0.2) is 9.59 Å². The van der Waals surface area contributed by atoms with Crippen molar-refractivity contribution in [1.82, 2.24) is 9.80 Å². The molecule has 16 nitrogen and oxygen atoms in total. The van der Waals surface area contributed by atoms with E-state index in [9.17, 15) is 9.59 Å². The van der Waals surface area contributed by atoms with Crippen LogP contribution in [0.15, 0.2) is 24.3 Å². The molecule has 330 valence electrons. The molecule has 4 aromatic carbocycles. The first-order chi connectivity index (χ1) is 31.2. The number of benzene rings is 4. The van der Waals surface area contributed by atoms with Crippen LogP contribution in [-0.2, 0) is 22.3 Å². The Morgan fingerprint density at radius 1 is 0.531 bits per heavy atom. The number of methoxy groups -OCH3 is 6. The summed E-state index contributed by atoms with van der Waals surface area (Å²) < 4.78 is 71.0. The van der Waals surface area contributed by atoms with Gasteiger partial charge < -0.3 is 56.8 Å². The van der Waals surface area contributed by atoms with Crippen LogP contribution in [0.5, 0.6) is 57.5 Å². The van der Waals surface area contributed by atoms with Gasteiger partial charge in [0.25, 0.3) is 0 Å². The minimum absolute atomic E-state index is 0.0358. The summed E-state index contributed by atoms with van der Waals surface area (Å²) in [5.74, 6) is 16.0. The maximum atomic E-state index is 13.5. The summed E-state index contributed by atoms with van der Waals surface area (Å²) in [4.78, 5) is 31.4. The van der Waals surface area contributed by atoms with Gasteiger partial charge in [-0.2, -0.15) is 0 Å². The third-order valence-corrected chi connectivity index (χ3v) is 12.9. The zero-order chi connectivity index (χ0) is 44.6. The molecule has 0 radical (unpaired) electrons. The van der Waals surface area contributed by atoms with E-state index in [0.717, 1.165) is 22.3 Å².